The van der Waals surface area contributed by atoms with E-state index in [1.165, 1.54) is 43.3 Å². The van der Waals surface area contributed by atoms with E-state index in [1.807, 2.05) is 6.07 Å². The van der Waals surface area contributed by atoms with Crippen molar-refractivity contribution in [2.24, 2.45) is 0 Å². The Balaban J connectivity index is 2.11. The minimum atomic E-state index is -1.29. The van der Waals surface area contributed by atoms with Gasteiger partial charge in [-0.05, 0) is 56.4 Å². The largest absolute Gasteiger partial charge is 0.492 e. The Morgan fingerprint density at radius 3 is 2.48 bits per heavy atom. The Morgan fingerprint density at radius 2 is 1.94 bits per heavy atom. The number of thiocarbonyl (C=S) groups is 1. The second-order valence-corrected chi connectivity index (χ2v) is 7.52. The molecule has 0 aliphatic carbocycles. The van der Waals surface area contributed by atoms with Crippen molar-refractivity contribution in [1.82, 2.24) is 5.32 Å². The molecule has 1 aliphatic heterocycles. The third-order valence-corrected chi connectivity index (χ3v) is 5.36. The number of ether oxygens (including phenoxy) is 1. The molecule has 0 unspecified atom stereocenters. The molecule has 31 heavy (non-hydrogen) atoms. The van der Waals surface area contributed by atoms with Gasteiger partial charge in [0.25, 0.3) is 11.8 Å². The van der Waals surface area contributed by atoms with Crippen molar-refractivity contribution < 1.29 is 23.1 Å². The number of hydrogen-bond donors (Lipinski definition) is 1. The summed E-state index contributed by atoms with van der Waals surface area (Å²) in [7, 11) is 2.59. The van der Waals surface area contributed by atoms with E-state index in [2.05, 4.69) is 5.32 Å². The van der Waals surface area contributed by atoms with E-state index in [1.54, 1.807) is 13.8 Å². The molecule has 0 bridgehead atoms. The second-order valence-electron chi connectivity index (χ2n) is 7.15. The maximum atomic E-state index is 15.1. The van der Waals surface area contributed by atoms with Crippen LogP contribution in [0.25, 0.3) is 0 Å². The van der Waals surface area contributed by atoms with Crippen molar-refractivity contribution in [2.45, 2.75) is 19.4 Å². The van der Waals surface area contributed by atoms with E-state index >= 15 is 4.39 Å². The number of methoxy groups -OCH3 is 1. The highest BCUT2D eigenvalue weighted by molar-refractivity contribution is 7.81. The minimum Gasteiger partial charge on any atom is -0.492 e. The number of nitrogens with one attached hydrogen (secondary N) is 1. The summed E-state index contributed by atoms with van der Waals surface area (Å²) in [4.78, 5) is 27.3. The quantitative estimate of drug-likeness (QED) is 0.730. The van der Waals surface area contributed by atoms with E-state index in [9.17, 15) is 14.0 Å². The molecule has 1 aliphatic rings. The maximum absolute atomic E-state index is 15.1. The molecule has 0 aromatic heterocycles. The monoisotopic (exact) mass is 444 g/mol. The molecule has 0 spiro atoms. The zero-order chi connectivity index (χ0) is 23.1. The van der Waals surface area contributed by atoms with Gasteiger partial charge >= 0.3 is 0 Å². The number of hydrogen-bond acceptors (Lipinski definition) is 5. The van der Waals surface area contributed by atoms with Crippen LogP contribution in [0.3, 0.4) is 0 Å². The van der Waals surface area contributed by atoms with Gasteiger partial charge in [0.2, 0.25) is 0 Å². The van der Waals surface area contributed by atoms with E-state index in [-0.39, 0.29) is 33.4 Å². The van der Waals surface area contributed by atoms with Gasteiger partial charge in [-0.1, -0.05) is 0 Å². The van der Waals surface area contributed by atoms with Crippen LogP contribution in [0.2, 0.25) is 0 Å². The molecule has 1 saturated heterocycles. The average molecular weight is 444 g/mol. The van der Waals surface area contributed by atoms with Crippen LogP contribution >= 0.6 is 12.2 Å². The lowest BCUT2D eigenvalue weighted by Crippen LogP contribution is -2.44. The van der Waals surface area contributed by atoms with Crippen LogP contribution in [0.4, 0.5) is 20.2 Å². The average Bonchev–Trinajstić information content (AvgIpc) is 2.91. The number of amides is 2. The summed E-state index contributed by atoms with van der Waals surface area (Å²) in [6.07, 6.45) is 0. The fourth-order valence-corrected chi connectivity index (χ4v) is 3.92. The van der Waals surface area contributed by atoms with Gasteiger partial charge in [0, 0.05) is 12.7 Å². The molecule has 0 atom stereocenters. The first-order valence-corrected chi connectivity index (χ1v) is 9.47. The Labute approximate surface area is 182 Å². The summed E-state index contributed by atoms with van der Waals surface area (Å²) in [5.74, 6) is -3.19. The lowest BCUT2D eigenvalue weighted by molar-refractivity contribution is -0.120. The maximum Gasteiger partial charge on any atom is 0.259 e. The van der Waals surface area contributed by atoms with Crippen LogP contribution in [-0.4, -0.2) is 36.6 Å². The normalized spacial score (nSPS) is 15.1. The third-order valence-electron chi connectivity index (χ3n) is 4.99. The van der Waals surface area contributed by atoms with Gasteiger partial charge in [-0.25, -0.2) is 8.78 Å². The first-order chi connectivity index (χ1) is 14.6. The molecule has 1 heterocycles. The molecule has 0 radical (unpaired) electrons. The van der Waals surface area contributed by atoms with Gasteiger partial charge in [0.1, 0.15) is 17.4 Å². The van der Waals surface area contributed by atoms with Crippen LogP contribution in [0.15, 0.2) is 30.3 Å². The van der Waals surface area contributed by atoms with Crippen LogP contribution in [0.5, 0.6) is 5.75 Å². The number of carbonyl (C=O) groups is 2. The van der Waals surface area contributed by atoms with Crippen LogP contribution in [0, 0.1) is 23.0 Å². The van der Waals surface area contributed by atoms with Gasteiger partial charge in [0.05, 0.1) is 23.9 Å². The predicted octanol–water partition coefficient (Wildman–Crippen LogP) is 3.12. The number of carbonyl (C=O) groups excluding carboxylic acids is 2. The van der Waals surface area contributed by atoms with Crippen molar-refractivity contribution in [2.75, 3.05) is 24.0 Å². The third kappa shape index (κ3) is 3.37. The second kappa shape index (κ2) is 7.92. The van der Waals surface area contributed by atoms with Crippen molar-refractivity contribution in [3.8, 4) is 11.8 Å². The van der Waals surface area contributed by atoms with Gasteiger partial charge in [-0.2, -0.15) is 5.26 Å². The van der Waals surface area contributed by atoms with E-state index in [0.717, 1.165) is 11.0 Å². The van der Waals surface area contributed by atoms with Gasteiger partial charge in [-0.3, -0.25) is 14.5 Å². The number of benzene rings is 2. The molecular formula is C21H18F2N4O3S. The molecule has 10 heteroatoms. The molecule has 2 amide bonds. The number of nitriles is 1. The standard InChI is InChI=1S/C21H18F2N4O3S/c1-21(2)19(29)26(15-8-5-11(10-24)17(30-4)16(15)23)20(31)27(21)12-6-7-13(14(22)9-12)18(28)25-3/h5-9H,1-4H3,(H,25,28). The lowest BCUT2D eigenvalue weighted by atomic mass is 10.0. The highest BCUT2D eigenvalue weighted by Gasteiger charge is 2.51. The molecule has 3 rings (SSSR count). The molecule has 1 fully saturated rings. The fourth-order valence-electron chi connectivity index (χ4n) is 3.41. The Hall–Kier alpha value is -3.58. The summed E-state index contributed by atoms with van der Waals surface area (Å²) in [6.45, 7) is 3.12. The molecular weight excluding hydrogens is 426 g/mol. The molecule has 160 valence electrons. The minimum absolute atomic E-state index is 0.0377. The first kappa shape index (κ1) is 22.1. The molecule has 2 aromatic rings. The number of anilines is 2. The first-order valence-electron chi connectivity index (χ1n) is 9.07. The van der Waals surface area contributed by atoms with E-state index < -0.39 is 29.0 Å². The van der Waals surface area contributed by atoms with Crippen molar-refractivity contribution in [3.63, 3.8) is 0 Å². The molecule has 0 saturated carbocycles. The SMILES string of the molecule is CNC(=O)c1ccc(N2C(=S)N(c3ccc(C#N)c(OC)c3F)C(=O)C2(C)C)cc1F. The Morgan fingerprint density at radius 1 is 1.26 bits per heavy atom. The van der Waals surface area contributed by atoms with E-state index in [4.69, 9.17) is 22.2 Å². The van der Waals surface area contributed by atoms with E-state index in [0.29, 0.717) is 0 Å². The summed E-state index contributed by atoms with van der Waals surface area (Å²) in [5, 5.41) is 11.4. The summed E-state index contributed by atoms with van der Waals surface area (Å²) in [6, 6.07) is 8.22. The van der Waals surface area contributed by atoms with Gasteiger partial charge in [0.15, 0.2) is 16.7 Å². The number of rotatable bonds is 4. The van der Waals surface area contributed by atoms with Gasteiger partial charge in [-0.15, -0.1) is 0 Å². The van der Waals surface area contributed by atoms with Crippen LogP contribution in [-0.2, 0) is 4.79 Å². The van der Waals surface area contributed by atoms with Crippen LogP contribution in [0.1, 0.15) is 29.8 Å². The predicted molar refractivity (Wildman–Crippen MR) is 114 cm³/mol. The zero-order valence-electron chi connectivity index (χ0n) is 17.1. The van der Waals surface area contributed by atoms with Gasteiger partial charge < -0.3 is 15.0 Å². The Bertz CT molecular complexity index is 1160. The van der Waals surface area contributed by atoms with Crippen molar-refractivity contribution in [3.05, 3.63) is 53.1 Å². The molecule has 1 N–H and O–H groups in total. The molecule has 2 aromatic carbocycles. The highest BCUT2D eigenvalue weighted by Crippen LogP contribution is 2.40. The highest BCUT2D eigenvalue weighted by atomic mass is 32.1. The van der Waals surface area contributed by atoms with Crippen LogP contribution < -0.4 is 19.9 Å². The smallest absolute Gasteiger partial charge is 0.259 e. The number of nitrogens with zero attached hydrogens (tertiary/aromatic N) is 3. The van der Waals surface area contributed by atoms with Crippen molar-refractivity contribution >= 4 is 40.5 Å². The summed E-state index contributed by atoms with van der Waals surface area (Å²) < 4.78 is 34.6. The number of halogens is 2. The topological polar surface area (TPSA) is 85.7 Å². The lowest BCUT2D eigenvalue weighted by Gasteiger charge is -2.29. The Kier molecular flexibility index (Phi) is 5.65. The zero-order valence-corrected chi connectivity index (χ0v) is 17.9. The summed E-state index contributed by atoms with van der Waals surface area (Å²) in [5.41, 5.74) is -1.46. The van der Waals surface area contributed by atoms with Crippen molar-refractivity contribution in [1.29, 1.82) is 5.26 Å². The fraction of sp³-hybridized carbons (Fsp3) is 0.238. The summed E-state index contributed by atoms with van der Waals surface area (Å²) >= 11 is 5.46. The molecule has 7 nitrogen and oxygen atoms in total.